The summed E-state index contributed by atoms with van der Waals surface area (Å²) < 4.78 is 0. The summed E-state index contributed by atoms with van der Waals surface area (Å²) in [5.74, 6) is 3.80. The van der Waals surface area contributed by atoms with E-state index in [1.807, 2.05) is 24.3 Å². The number of carbonyl (C=O) groups is 1. The van der Waals surface area contributed by atoms with Crippen LogP contribution in [0.15, 0.2) is 59.6 Å². The molecule has 1 aliphatic heterocycles. The Balaban J connectivity index is 1.48. The predicted octanol–water partition coefficient (Wildman–Crippen LogP) is 2.75. The van der Waals surface area contributed by atoms with Gasteiger partial charge in [-0.25, -0.2) is 0 Å². The third-order valence-electron chi connectivity index (χ3n) is 4.88. The van der Waals surface area contributed by atoms with Crippen LogP contribution in [-0.4, -0.2) is 43.4 Å². The first-order chi connectivity index (χ1) is 13.7. The average Bonchev–Trinajstić information content (AvgIpc) is 3.17. The lowest BCUT2D eigenvalue weighted by Crippen LogP contribution is -2.43. The second-order valence-electron chi connectivity index (χ2n) is 6.96. The molecule has 0 aromatic heterocycles. The number of rotatable bonds is 5. The van der Waals surface area contributed by atoms with E-state index >= 15 is 0 Å². The van der Waals surface area contributed by atoms with Crippen molar-refractivity contribution < 1.29 is 4.79 Å². The van der Waals surface area contributed by atoms with Crippen molar-refractivity contribution in [2.24, 2.45) is 10.9 Å². The van der Waals surface area contributed by atoms with Gasteiger partial charge in [0.05, 0.1) is 6.54 Å². The molecule has 1 heterocycles. The molecular weight excluding hydrogens is 348 g/mol. The van der Waals surface area contributed by atoms with Crippen molar-refractivity contribution in [3.05, 3.63) is 65.7 Å². The second-order valence-corrected chi connectivity index (χ2v) is 6.96. The topological polar surface area (TPSA) is 56.7 Å². The fourth-order valence-electron chi connectivity index (χ4n) is 3.52. The number of nitrogens with one attached hydrogen (secondary N) is 2. The van der Waals surface area contributed by atoms with Crippen molar-refractivity contribution in [1.29, 1.82) is 0 Å². The van der Waals surface area contributed by atoms with Crippen molar-refractivity contribution >= 4 is 17.6 Å². The first-order valence-electron chi connectivity index (χ1n) is 9.54. The van der Waals surface area contributed by atoms with Crippen LogP contribution >= 0.6 is 0 Å². The van der Waals surface area contributed by atoms with Gasteiger partial charge in [-0.15, -0.1) is 6.42 Å². The zero-order valence-corrected chi connectivity index (χ0v) is 16.2. The van der Waals surface area contributed by atoms with Crippen molar-refractivity contribution in [2.45, 2.75) is 12.8 Å². The molecule has 1 aliphatic rings. The van der Waals surface area contributed by atoms with E-state index < -0.39 is 0 Å². The maximum Gasteiger partial charge on any atom is 0.243 e. The molecule has 3 rings (SSSR count). The Kier molecular flexibility index (Phi) is 6.69. The number of guanidine groups is 1. The number of amides is 1. The fraction of sp³-hybridized carbons (Fsp3) is 0.304. The van der Waals surface area contributed by atoms with Crippen molar-refractivity contribution in [3.63, 3.8) is 0 Å². The Morgan fingerprint density at radius 2 is 2.07 bits per heavy atom. The predicted molar refractivity (Wildman–Crippen MR) is 114 cm³/mol. The van der Waals surface area contributed by atoms with Crippen LogP contribution in [0.25, 0.3) is 0 Å². The molecule has 2 aromatic rings. The molecule has 1 saturated heterocycles. The minimum atomic E-state index is -0.129. The van der Waals surface area contributed by atoms with Crippen LogP contribution < -0.4 is 10.6 Å². The average molecular weight is 374 g/mol. The van der Waals surface area contributed by atoms with Crippen LogP contribution in [0.1, 0.15) is 17.5 Å². The quantitative estimate of drug-likeness (QED) is 0.481. The molecule has 0 radical (unpaired) electrons. The summed E-state index contributed by atoms with van der Waals surface area (Å²) in [6.45, 7) is 2.05. The Labute approximate surface area is 166 Å². The third-order valence-corrected chi connectivity index (χ3v) is 4.88. The molecule has 1 fully saturated rings. The molecule has 2 N–H and O–H groups in total. The van der Waals surface area contributed by atoms with Gasteiger partial charge in [0.15, 0.2) is 5.96 Å². The third kappa shape index (κ3) is 5.37. The van der Waals surface area contributed by atoms with Gasteiger partial charge in [-0.1, -0.05) is 42.3 Å². The molecule has 1 unspecified atom stereocenters. The van der Waals surface area contributed by atoms with Gasteiger partial charge in [0.25, 0.3) is 0 Å². The summed E-state index contributed by atoms with van der Waals surface area (Å²) in [6, 6.07) is 17.8. The number of aliphatic imine (C=N–C) groups is 1. The standard InChI is InChI=1S/C23H26N4O/c1-3-18-10-7-11-21(15-18)26-22(28)16-25-23(24-2)27-13-12-20(17-27)14-19-8-5-4-6-9-19/h1,4-11,15,20H,12-14,16-17H2,2H3,(H,24,25)(H,26,28). The van der Waals surface area contributed by atoms with E-state index in [0.29, 0.717) is 11.6 Å². The fourth-order valence-corrected chi connectivity index (χ4v) is 3.52. The summed E-state index contributed by atoms with van der Waals surface area (Å²) in [5, 5.41) is 6.03. The molecule has 0 spiro atoms. The minimum Gasteiger partial charge on any atom is -0.347 e. The lowest BCUT2D eigenvalue weighted by Gasteiger charge is -2.21. The van der Waals surface area contributed by atoms with Crippen LogP contribution in [0.5, 0.6) is 0 Å². The number of likely N-dealkylation sites (tertiary alicyclic amines) is 1. The highest BCUT2D eigenvalue weighted by Gasteiger charge is 2.25. The SMILES string of the molecule is C#Cc1cccc(NC(=O)CNC(=NC)N2CCC(Cc3ccccc3)C2)c1. The monoisotopic (exact) mass is 374 g/mol. The normalized spacial score (nSPS) is 16.5. The smallest absolute Gasteiger partial charge is 0.243 e. The van der Waals surface area contributed by atoms with Gasteiger partial charge in [-0.3, -0.25) is 9.79 Å². The first-order valence-corrected chi connectivity index (χ1v) is 9.54. The van der Waals surface area contributed by atoms with Crippen LogP contribution in [0.3, 0.4) is 0 Å². The molecule has 0 aliphatic carbocycles. The number of hydrogen-bond acceptors (Lipinski definition) is 2. The molecule has 144 valence electrons. The second kappa shape index (κ2) is 9.61. The molecule has 5 heteroatoms. The zero-order chi connectivity index (χ0) is 19.8. The minimum absolute atomic E-state index is 0.129. The largest absolute Gasteiger partial charge is 0.347 e. The van der Waals surface area contributed by atoms with Crippen LogP contribution in [-0.2, 0) is 11.2 Å². The Morgan fingerprint density at radius 1 is 1.25 bits per heavy atom. The molecule has 0 saturated carbocycles. The van der Waals surface area contributed by atoms with E-state index in [1.54, 1.807) is 13.1 Å². The van der Waals surface area contributed by atoms with Crippen molar-refractivity contribution in [2.75, 3.05) is 32.0 Å². The van der Waals surface area contributed by atoms with E-state index in [0.717, 1.165) is 37.5 Å². The van der Waals surface area contributed by atoms with Crippen LogP contribution in [0, 0.1) is 18.3 Å². The van der Waals surface area contributed by atoms with E-state index in [2.05, 4.69) is 50.7 Å². The molecular formula is C23H26N4O. The lowest BCUT2D eigenvalue weighted by atomic mass is 9.99. The molecule has 28 heavy (non-hydrogen) atoms. The van der Waals surface area contributed by atoms with Gasteiger partial charge in [0, 0.05) is 31.4 Å². The van der Waals surface area contributed by atoms with Gasteiger partial charge >= 0.3 is 0 Å². The Hall–Kier alpha value is -3.26. The lowest BCUT2D eigenvalue weighted by molar-refractivity contribution is -0.115. The molecule has 1 amide bonds. The maximum absolute atomic E-state index is 12.3. The number of terminal acetylenes is 1. The molecule has 0 bridgehead atoms. The summed E-state index contributed by atoms with van der Waals surface area (Å²) >= 11 is 0. The van der Waals surface area contributed by atoms with E-state index in [9.17, 15) is 4.79 Å². The van der Waals surface area contributed by atoms with Gasteiger partial charge in [0.2, 0.25) is 5.91 Å². The highest BCUT2D eigenvalue weighted by Crippen LogP contribution is 2.20. The first kappa shape index (κ1) is 19.5. The van der Waals surface area contributed by atoms with E-state index in [-0.39, 0.29) is 12.5 Å². The van der Waals surface area contributed by atoms with Crippen LogP contribution in [0.2, 0.25) is 0 Å². The Bertz CT molecular complexity index is 870. The molecule has 5 nitrogen and oxygen atoms in total. The van der Waals surface area contributed by atoms with Crippen molar-refractivity contribution in [3.8, 4) is 12.3 Å². The highest BCUT2D eigenvalue weighted by atomic mass is 16.1. The zero-order valence-electron chi connectivity index (χ0n) is 16.2. The summed E-state index contributed by atoms with van der Waals surface area (Å²) in [4.78, 5) is 18.8. The van der Waals surface area contributed by atoms with E-state index in [4.69, 9.17) is 6.42 Å². The summed E-state index contributed by atoms with van der Waals surface area (Å²) in [5.41, 5.74) is 2.80. The van der Waals surface area contributed by atoms with Crippen LogP contribution in [0.4, 0.5) is 5.69 Å². The van der Waals surface area contributed by atoms with E-state index in [1.165, 1.54) is 5.56 Å². The summed E-state index contributed by atoms with van der Waals surface area (Å²) in [7, 11) is 1.75. The van der Waals surface area contributed by atoms with Gasteiger partial charge in [-0.2, -0.15) is 0 Å². The van der Waals surface area contributed by atoms with Gasteiger partial charge in [-0.05, 0) is 42.5 Å². The van der Waals surface area contributed by atoms with Gasteiger partial charge < -0.3 is 15.5 Å². The van der Waals surface area contributed by atoms with Gasteiger partial charge in [0.1, 0.15) is 0 Å². The number of carbonyl (C=O) groups excluding carboxylic acids is 1. The summed E-state index contributed by atoms with van der Waals surface area (Å²) in [6.07, 6.45) is 7.59. The molecule has 1 atom stereocenters. The molecule has 2 aromatic carbocycles. The number of anilines is 1. The Morgan fingerprint density at radius 3 is 2.82 bits per heavy atom. The number of nitrogens with zero attached hydrogens (tertiary/aromatic N) is 2. The van der Waals surface area contributed by atoms with Crippen molar-refractivity contribution in [1.82, 2.24) is 10.2 Å². The maximum atomic E-state index is 12.3. The number of hydrogen-bond donors (Lipinski definition) is 2. The highest BCUT2D eigenvalue weighted by molar-refractivity contribution is 5.95. The number of benzene rings is 2.